The van der Waals surface area contributed by atoms with Gasteiger partial charge in [-0.3, -0.25) is 9.58 Å². The van der Waals surface area contributed by atoms with Gasteiger partial charge in [-0.25, -0.2) is 0 Å². The molecule has 3 heterocycles. The van der Waals surface area contributed by atoms with E-state index in [1.165, 1.54) is 51.1 Å². The topological polar surface area (TPSA) is 24.3 Å². The van der Waals surface area contributed by atoms with Gasteiger partial charge in [0.2, 0.25) is 0 Å². The quantitative estimate of drug-likeness (QED) is 0.708. The number of fused-ring (bicyclic) bond motifs is 1. The molecule has 1 atom stereocenters. The molecule has 4 nitrogen and oxygen atoms in total. The summed E-state index contributed by atoms with van der Waals surface area (Å²) in [6.07, 6.45) is 8.16. The molecule has 1 aromatic rings. The molecule has 0 spiro atoms. The molecule has 1 unspecified atom stereocenters. The summed E-state index contributed by atoms with van der Waals surface area (Å²) in [7, 11) is 1.99. The Balaban J connectivity index is 1.76. The SMILES string of the molecule is Cn1cc(N2CCCN3CCCC3C2)cn1. The Labute approximate surface area is 96.8 Å². The Morgan fingerprint density at radius 2 is 2.12 bits per heavy atom. The molecule has 16 heavy (non-hydrogen) atoms. The van der Waals surface area contributed by atoms with Crippen LogP contribution < -0.4 is 4.90 Å². The first-order chi connectivity index (χ1) is 7.83. The average molecular weight is 220 g/mol. The first kappa shape index (κ1) is 10.1. The number of aryl methyl sites for hydroxylation is 1. The van der Waals surface area contributed by atoms with Crippen LogP contribution in [0.2, 0.25) is 0 Å². The van der Waals surface area contributed by atoms with E-state index < -0.39 is 0 Å². The van der Waals surface area contributed by atoms with E-state index in [-0.39, 0.29) is 0 Å². The Morgan fingerprint density at radius 1 is 1.25 bits per heavy atom. The maximum absolute atomic E-state index is 4.27. The summed E-state index contributed by atoms with van der Waals surface area (Å²) in [5.41, 5.74) is 1.29. The third kappa shape index (κ3) is 1.82. The zero-order valence-corrected chi connectivity index (χ0v) is 9.97. The van der Waals surface area contributed by atoms with Gasteiger partial charge in [-0.15, -0.1) is 0 Å². The zero-order valence-electron chi connectivity index (χ0n) is 9.97. The summed E-state index contributed by atoms with van der Waals surface area (Å²) in [4.78, 5) is 5.17. The lowest BCUT2D eigenvalue weighted by molar-refractivity contribution is 0.273. The summed E-state index contributed by atoms with van der Waals surface area (Å²) in [5.74, 6) is 0. The van der Waals surface area contributed by atoms with E-state index in [2.05, 4.69) is 21.1 Å². The highest BCUT2D eigenvalue weighted by Crippen LogP contribution is 2.24. The lowest BCUT2D eigenvalue weighted by atomic mass is 10.2. The van der Waals surface area contributed by atoms with Crippen molar-refractivity contribution in [2.24, 2.45) is 7.05 Å². The summed E-state index contributed by atoms with van der Waals surface area (Å²) in [5, 5.41) is 4.27. The second kappa shape index (κ2) is 4.09. The monoisotopic (exact) mass is 220 g/mol. The highest BCUT2D eigenvalue weighted by molar-refractivity contribution is 5.42. The second-order valence-electron chi connectivity index (χ2n) is 5.00. The molecule has 0 radical (unpaired) electrons. The van der Waals surface area contributed by atoms with Gasteiger partial charge < -0.3 is 4.90 Å². The van der Waals surface area contributed by atoms with Gasteiger partial charge in [-0.05, 0) is 25.8 Å². The standard InChI is InChI=1S/C12H20N4/c1-14-9-12(8-13-14)16-7-3-6-15-5-2-4-11(15)10-16/h8-9,11H,2-7,10H2,1H3. The molecule has 0 saturated carbocycles. The molecular formula is C12H20N4. The molecule has 3 rings (SSSR count). The third-order valence-electron chi connectivity index (χ3n) is 3.86. The summed E-state index contributed by atoms with van der Waals surface area (Å²) >= 11 is 0. The van der Waals surface area contributed by atoms with Gasteiger partial charge >= 0.3 is 0 Å². The molecule has 1 aromatic heterocycles. The number of hydrogen-bond acceptors (Lipinski definition) is 3. The van der Waals surface area contributed by atoms with Gasteiger partial charge in [0.25, 0.3) is 0 Å². The van der Waals surface area contributed by atoms with Crippen molar-refractivity contribution < 1.29 is 0 Å². The fourth-order valence-corrected chi connectivity index (χ4v) is 3.01. The number of nitrogens with zero attached hydrogens (tertiary/aromatic N) is 4. The predicted octanol–water partition coefficient (Wildman–Crippen LogP) is 1.09. The van der Waals surface area contributed by atoms with Crippen LogP contribution in [0.3, 0.4) is 0 Å². The highest BCUT2D eigenvalue weighted by atomic mass is 15.3. The van der Waals surface area contributed by atoms with Crippen LogP contribution in [0.4, 0.5) is 5.69 Å². The van der Waals surface area contributed by atoms with Crippen molar-refractivity contribution >= 4 is 5.69 Å². The Morgan fingerprint density at radius 3 is 2.94 bits per heavy atom. The van der Waals surface area contributed by atoms with E-state index in [4.69, 9.17) is 0 Å². The molecule has 2 fully saturated rings. The minimum atomic E-state index is 0.780. The molecule has 0 N–H and O–H groups in total. The Bertz CT molecular complexity index is 360. The van der Waals surface area contributed by atoms with Crippen molar-refractivity contribution in [2.75, 3.05) is 31.1 Å². The Kier molecular flexibility index (Phi) is 2.59. The first-order valence-corrected chi connectivity index (χ1v) is 6.30. The van der Waals surface area contributed by atoms with E-state index in [9.17, 15) is 0 Å². The molecule has 88 valence electrons. The maximum atomic E-state index is 4.27. The fraction of sp³-hybridized carbons (Fsp3) is 0.750. The molecular weight excluding hydrogens is 200 g/mol. The van der Waals surface area contributed by atoms with Gasteiger partial charge in [0.05, 0.1) is 11.9 Å². The smallest absolute Gasteiger partial charge is 0.0752 e. The van der Waals surface area contributed by atoms with Crippen LogP contribution in [0.5, 0.6) is 0 Å². The van der Waals surface area contributed by atoms with Crippen LogP contribution in [-0.2, 0) is 7.05 Å². The van der Waals surface area contributed by atoms with Crippen molar-refractivity contribution in [1.29, 1.82) is 0 Å². The maximum Gasteiger partial charge on any atom is 0.0752 e. The van der Waals surface area contributed by atoms with Gasteiger partial charge in [-0.2, -0.15) is 5.10 Å². The Hall–Kier alpha value is -1.03. The lowest BCUT2D eigenvalue weighted by Crippen LogP contribution is -2.36. The van der Waals surface area contributed by atoms with Crippen LogP contribution in [0.25, 0.3) is 0 Å². The number of hydrogen-bond donors (Lipinski definition) is 0. The van der Waals surface area contributed by atoms with Gasteiger partial charge in [-0.1, -0.05) is 0 Å². The average Bonchev–Trinajstić information content (AvgIpc) is 2.83. The summed E-state index contributed by atoms with van der Waals surface area (Å²) in [6, 6.07) is 0.780. The largest absolute Gasteiger partial charge is 0.367 e. The van der Waals surface area contributed by atoms with Crippen molar-refractivity contribution in [2.45, 2.75) is 25.3 Å². The number of anilines is 1. The van der Waals surface area contributed by atoms with E-state index in [0.717, 1.165) is 6.04 Å². The molecule has 2 aliphatic rings. The molecule has 0 bridgehead atoms. The molecule has 4 heteroatoms. The van der Waals surface area contributed by atoms with Gasteiger partial charge in [0.15, 0.2) is 0 Å². The van der Waals surface area contributed by atoms with E-state index in [1.807, 2.05) is 17.9 Å². The molecule has 2 aliphatic heterocycles. The van der Waals surface area contributed by atoms with Crippen molar-refractivity contribution in [3.8, 4) is 0 Å². The van der Waals surface area contributed by atoms with E-state index in [0.29, 0.717) is 0 Å². The molecule has 0 aromatic carbocycles. The molecule has 0 amide bonds. The molecule has 2 saturated heterocycles. The predicted molar refractivity (Wildman–Crippen MR) is 64.6 cm³/mol. The van der Waals surface area contributed by atoms with E-state index in [1.54, 1.807) is 0 Å². The van der Waals surface area contributed by atoms with Gasteiger partial charge in [0.1, 0.15) is 0 Å². The fourth-order valence-electron chi connectivity index (χ4n) is 3.01. The first-order valence-electron chi connectivity index (χ1n) is 6.30. The van der Waals surface area contributed by atoms with E-state index >= 15 is 0 Å². The zero-order chi connectivity index (χ0) is 11.0. The van der Waals surface area contributed by atoms with Crippen LogP contribution >= 0.6 is 0 Å². The highest BCUT2D eigenvalue weighted by Gasteiger charge is 2.28. The van der Waals surface area contributed by atoms with Crippen LogP contribution in [0, 0.1) is 0 Å². The second-order valence-corrected chi connectivity index (χ2v) is 5.00. The molecule has 0 aliphatic carbocycles. The minimum absolute atomic E-state index is 0.780. The minimum Gasteiger partial charge on any atom is -0.367 e. The van der Waals surface area contributed by atoms with Crippen LogP contribution in [0.1, 0.15) is 19.3 Å². The van der Waals surface area contributed by atoms with Crippen LogP contribution in [0.15, 0.2) is 12.4 Å². The third-order valence-corrected chi connectivity index (χ3v) is 3.86. The summed E-state index contributed by atoms with van der Waals surface area (Å²) < 4.78 is 1.90. The van der Waals surface area contributed by atoms with Crippen LogP contribution in [-0.4, -0.2) is 46.9 Å². The number of rotatable bonds is 1. The lowest BCUT2D eigenvalue weighted by Gasteiger charge is -2.25. The summed E-state index contributed by atoms with van der Waals surface area (Å²) in [6.45, 7) is 4.96. The van der Waals surface area contributed by atoms with Crippen molar-refractivity contribution in [3.05, 3.63) is 12.4 Å². The van der Waals surface area contributed by atoms with Gasteiger partial charge in [0, 0.05) is 38.9 Å². The number of aromatic nitrogens is 2. The van der Waals surface area contributed by atoms with Crippen molar-refractivity contribution in [3.63, 3.8) is 0 Å². The normalized spacial score (nSPS) is 26.8. The van der Waals surface area contributed by atoms with Crippen molar-refractivity contribution in [1.82, 2.24) is 14.7 Å².